The maximum Gasteiger partial charge on any atom is 0.244 e. The SMILES string of the molecule is O=S(=O)=[P]. The number of hydrogen-bond acceptors (Lipinski definition) is 2. The highest BCUT2D eigenvalue weighted by Crippen LogP contribution is 1.44. The lowest BCUT2D eigenvalue weighted by molar-refractivity contribution is 0.628. The monoisotopic (exact) mass is 94.9 g/mol. The summed E-state index contributed by atoms with van der Waals surface area (Å²) in [7, 11) is 0.716. The van der Waals surface area contributed by atoms with Gasteiger partial charge < -0.3 is 0 Å². The average Bonchev–Trinajstić information content (AvgIpc) is 0.811. The van der Waals surface area contributed by atoms with Gasteiger partial charge in [-0.05, 0) is 0 Å². The third-order valence-electron chi connectivity index (χ3n) is 0. The summed E-state index contributed by atoms with van der Waals surface area (Å²) in [5.41, 5.74) is 0. The Morgan fingerprint density at radius 3 is 1.50 bits per heavy atom. The molecule has 1 radical (unpaired) electrons. The maximum absolute atomic E-state index is 8.86. The van der Waals surface area contributed by atoms with Gasteiger partial charge in [-0.2, -0.15) is 8.42 Å². The van der Waals surface area contributed by atoms with Gasteiger partial charge in [-0.3, -0.25) is 0 Å². The first-order valence-corrected chi connectivity index (χ1v) is 2.64. The van der Waals surface area contributed by atoms with E-state index in [2.05, 4.69) is 8.02 Å². The molecule has 0 bridgehead atoms. The van der Waals surface area contributed by atoms with E-state index in [0.717, 1.165) is 0 Å². The fraction of sp³-hybridized carbons (Fsp3) is 0. The Morgan fingerprint density at radius 1 is 1.50 bits per heavy atom. The quantitative estimate of drug-likeness (QED) is 0.402. The maximum atomic E-state index is 8.86. The Balaban J connectivity index is 4.65. The van der Waals surface area contributed by atoms with Crippen LogP contribution in [0.15, 0.2) is 0 Å². The van der Waals surface area contributed by atoms with Crippen molar-refractivity contribution >= 4 is 17.9 Å². The van der Waals surface area contributed by atoms with Gasteiger partial charge >= 0.3 is 0 Å². The molecule has 4 heteroatoms. The van der Waals surface area contributed by atoms with Crippen molar-refractivity contribution in [3.8, 4) is 0 Å². The molecule has 0 unspecified atom stereocenters. The van der Waals surface area contributed by atoms with E-state index in [1.54, 1.807) is 0 Å². The summed E-state index contributed by atoms with van der Waals surface area (Å²) in [6, 6.07) is 0. The van der Waals surface area contributed by atoms with Crippen molar-refractivity contribution in [2.45, 2.75) is 0 Å². The Kier molecular flexibility index (Phi) is 1.48. The molecule has 0 aliphatic rings. The van der Waals surface area contributed by atoms with Crippen LogP contribution in [0.5, 0.6) is 0 Å². The van der Waals surface area contributed by atoms with Crippen LogP contribution in [-0.4, -0.2) is 8.42 Å². The summed E-state index contributed by atoms with van der Waals surface area (Å²) >= 11 is 0. The van der Waals surface area contributed by atoms with Crippen molar-refractivity contribution in [2.75, 3.05) is 0 Å². The molecule has 2 nitrogen and oxygen atoms in total. The minimum absolute atomic E-state index is 2.17. The van der Waals surface area contributed by atoms with Gasteiger partial charge in [0.25, 0.3) is 0 Å². The van der Waals surface area contributed by atoms with Crippen LogP contribution in [-0.2, 0) is 9.88 Å². The molecule has 0 spiro atoms. The van der Waals surface area contributed by atoms with Gasteiger partial charge in [0.05, 0.1) is 0 Å². The Bertz CT molecular complexity index is 75.4. The first-order chi connectivity index (χ1) is 1.73. The van der Waals surface area contributed by atoms with E-state index in [4.69, 9.17) is 8.42 Å². The van der Waals surface area contributed by atoms with Crippen molar-refractivity contribution < 1.29 is 8.42 Å². The molecular formula is O2PS. The fourth-order valence-electron chi connectivity index (χ4n) is 0. The molecule has 0 fully saturated rings. The molecule has 0 atom stereocenters. The van der Waals surface area contributed by atoms with Crippen molar-refractivity contribution in [2.24, 2.45) is 0 Å². The molecule has 0 aliphatic carbocycles. The molecule has 0 aromatic carbocycles. The predicted molar refractivity (Wildman–Crippen MR) is 15.8 cm³/mol. The molecule has 0 amide bonds. The normalized spacial score (nSPS) is 6.00. The van der Waals surface area contributed by atoms with Crippen LogP contribution in [0.3, 0.4) is 0 Å². The van der Waals surface area contributed by atoms with Crippen LogP contribution in [0.4, 0.5) is 0 Å². The standard InChI is InChI=1S/O2PS/c1-4(2)3. The van der Waals surface area contributed by atoms with Gasteiger partial charge in [-0.25, -0.2) is 0 Å². The first kappa shape index (κ1) is 4.12. The highest BCUT2D eigenvalue weighted by molar-refractivity contribution is 7.98. The average molecular weight is 95.0 g/mol. The van der Waals surface area contributed by atoms with E-state index in [9.17, 15) is 0 Å². The topological polar surface area (TPSA) is 34.1 Å². The molecule has 0 saturated heterocycles. The first-order valence-electron chi connectivity index (χ1n) is 0.516. The van der Waals surface area contributed by atoms with Crippen LogP contribution < -0.4 is 0 Å². The molecule has 0 rings (SSSR count). The summed E-state index contributed by atoms with van der Waals surface area (Å²) < 4.78 is 17.7. The number of rotatable bonds is 0. The molecule has 23 valence electrons. The molecule has 0 heterocycles. The Labute approximate surface area is 27.2 Å². The third-order valence-corrected chi connectivity index (χ3v) is 0. The van der Waals surface area contributed by atoms with Crippen molar-refractivity contribution in [3.05, 3.63) is 0 Å². The zero-order chi connectivity index (χ0) is 3.58. The molecule has 0 N–H and O–H groups in total. The lowest BCUT2D eigenvalue weighted by atomic mass is 15.9. The second kappa shape index (κ2) is 1.44. The Morgan fingerprint density at radius 2 is 1.50 bits per heavy atom. The molecule has 0 saturated carbocycles. The summed E-state index contributed by atoms with van der Waals surface area (Å²) in [6.45, 7) is 0. The summed E-state index contributed by atoms with van der Waals surface area (Å²) in [5.74, 6) is 0. The van der Waals surface area contributed by atoms with Crippen LogP contribution in [0.1, 0.15) is 0 Å². The van der Waals surface area contributed by atoms with Gasteiger partial charge in [0.2, 0.25) is 9.88 Å². The minimum atomic E-state index is -2.17. The highest BCUT2D eigenvalue weighted by atomic mass is 32.5. The summed E-state index contributed by atoms with van der Waals surface area (Å²) in [6.07, 6.45) is 0. The van der Waals surface area contributed by atoms with Gasteiger partial charge in [-0.1, -0.05) is 0 Å². The van der Waals surface area contributed by atoms with E-state index >= 15 is 0 Å². The summed E-state index contributed by atoms with van der Waals surface area (Å²) in [5, 5.41) is 0. The second-order valence-electron chi connectivity index (χ2n) is 0.217. The van der Waals surface area contributed by atoms with Gasteiger partial charge in [-0.15, -0.1) is 0 Å². The molecule has 0 aromatic rings. The van der Waals surface area contributed by atoms with Gasteiger partial charge in [0, 0.05) is 0 Å². The van der Waals surface area contributed by atoms with E-state index in [1.165, 1.54) is 0 Å². The van der Waals surface area contributed by atoms with Crippen LogP contribution >= 0.6 is 8.02 Å². The smallest absolute Gasteiger partial charge is 0.180 e. The lowest BCUT2D eigenvalue weighted by Crippen LogP contribution is -1.28. The largest absolute Gasteiger partial charge is 0.244 e. The fourth-order valence-corrected chi connectivity index (χ4v) is 0. The Hall–Kier alpha value is 0.120. The minimum Gasteiger partial charge on any atom is -0.180 e. The molecule has 4 heavy (non-hydrogen) atoms. The van der Waals surface area contributed by atoms with E-state index < -0.39 is 9.88 Å². The van der Waals surface area contributed by atoms with Crippen molar-refractivity contribution in [1.82, 2.24) is 0 Å². The summed E-state index contributed by atoms with van der Waals surface area (Å²) in [4.78, 5) is 0. The predicted octanol–water partition coefficient (Wildman–Crippen LogP) is 0.191. The second-order valence-corrected chi connectivity index (χ2v) is 1.55. The number of hydrogen-bond donors (Lipinski definition) is 0. The van der Waals surface area contributed by atoms with Crippen molar-refractivity contribution in [1.29, 1.82) is 0 Å². The zero-order valence-electron chi connectivity index (χ0n) is 1.67. The molecular weight excluding hydrogens is 95.0 g/mol. The van der Waals surface area contributed by atoms with E-state index in [0.29, 0.717) is 0 Å². The highest BCUT2D eigenvalue weighted by Gasteiger charge is 1.32. The van der Waals surface area contributed by atoms with E-state index in [1.807, 2.05) is 0 Å². The van der Waals surface area contributed by atoms with Crippen molar-refractivity contribution in [3.63, 3.8) is 0 Å². The lowest BCUT2D eigenvalue weighted by Gasteiger charge is -1.16. The van der Waals surface area contributed by atoms with Crippen LogP contribution in [0.2, 0.25) is 0 Å². The van der Waals surface area contributed by atoms with Crippen LogP contribution in [0, 0.1) is 0 Å². The van der Waals surface area contributed by atoms with Crippen LogP contribution in [0.25, 0.3) is 0 Å². The zero-order valence-corrected chi connectivity index (χ0v) is 3.38. The van der Waals surface area contributed by atoms with Gasteiger partial charge in [0.1, 0.15) is 8.02 Å². The van der Waals surface area contributed by atoms with Gasteiger partial charge in [0.15, 0.2) is 0 Å². The third kappa shape index (κ3) is 185. The molecule has 0 aliphatic heterocycles. The van der Waals surface area contributed by atoms with E-state index in [-0.39, 0.29) is 0 Å². The molecule has 0 aromatic heterocycles.